The zero-order valence-electron chi connectivity index (χ0n) is 16.6. The van der Waals surface area contributed by atoms with Crippen molar-refractivity contribution >= 4 is 17.8 Å². The maximum absolute atomic E-state index is 12.9. The molecule has 1 saturated heterocycles. The van der Waals surface area contributed by atoms with E-state index in [0.29, 0.717) is 26.1 Å². The Morgan fingerprint density at radius 2 is 1.72 bits per heavy atom. The van der Waals surface area contributed by atoms with Gasteiger partial charge in [0.15, 0.2) is 0 Å². The van der Waals surface area contributed by atoms with Crippen LogP contribution in [0.1, 0.15) is 34.3 Å². The quantitative estimate of drug-likeness (QED) is 0.817. The van der Waals surface area contributed by atoms with E-state index in [-0.39, 0.29) is 23.3 Å². The van der Waals surface area contributed by atoms with E-state index < -0.39 is 5.97 Å². The molecule has 0 saturated carbocycles. The van der Waals surface area contributed by atoms with E-state index in [1.54, 1.807) is 41.1 Å². The van der Waals surface area contributed by atoms with Crippen LogP contribution in [0.2, 0.25) is 0 Å². The Labute approximate surface area is 170 Å². The number of carboxylic acid groups (broad SMARTS) is 1. The Morgan fingerprint density at radius 3 is 2.38 bits per heavy atom. The molecule has 152 valence electrons. The number of hydrogen-bond donors (Lipinski definition) is 1. The van der Waals surface area contributed by atoms with Crippen LogP contribution in [0.5, 0.6) is 0 Å². The summed E-state index contributed by atoms with van der Waals surface area (Å²) >= 11 is 0. The lowest BCUT2D eigenvalue weighted by atomic mass is 9.95. The van der Waals surface area contributed by atoms with Gasteiger partial charge in [-0.15, -0.1) is 0 Å². The molecule has 3 rings (SSSR count). The zero-order valence-corrected chi connectivity index (χ0v) is 16.6. The van der Waals surface area contributed by atoms with Gasteiger partial charge in [-0.2, -0.15) is 0 Å². The lowest BCUT2D eigenvalue weighted by Crippen LogP contribution is -2.46. The maximum atomic E-state index is 12.9. The van der Waals surface area contributed by atoms with Gasteiger partial charge < -0.3 is 14.9 Å². The van der Waals surface area contributed by atoms with Crippen molar-refractivity contribution in [3.05, 3.63) is 71.3 Å². The summed E-state index contributed by atoms with van der Waals surface area (Å²) in [5.74, 6) is -1.10. The molecule has 1 N–H and O–H groups in total. The average Bonchev–Trinajstić information content (AvgIpc) is 2.74. The fourth-order valence-corrected chi connectivity index (χ4v) is 3.70. The number of carbonyl (C=O) groups is 3. The smallest absolute Gasteiger partial charge is 0.335 e. The van der Waals surface area contributed by atoms with Crippen LogP contribution in [0.4, 0.5) is 0 Å². The highest BCUT2D eigenvalue weighted by Gasteiger charge is 2.30. The zero-order chi connectivity index (χ0) is 20.8. The lowest BCUT2D eigenvalue weighted by Gasteiger charge is -2.34. The molecule has 0 aromatic heterocycles. The first-order chi connectivity index (χ1) is 13.9. The summed E-state index contributed by atoms with van der Waals surface area (Å²) < 4.78 is 0. The number of nitrogens with zero attached hydrogens (tertiary/aromatic N) is 2. The molecule has 2 aromatic rings. The molecular formula is C23H26N2O4. The minimum Gasteiger partial charge on any atom is -0.478 e. The number of likely N-dealkylation sites (tertiary alicyclic amines) is 1. The number of amides is 2. The van der Waals surface area contributed by atoms with Gasteiger partial charge in [0.25, 0.3) is 0 Å². The Kier molecular flexibility index (Phi) is 6.65. The number of rotatable bonds is 6. The third-order valence-corrected chi connectivity index (χ3v) is 5.32. The molecule has 2 amide bonds. The summed E-state index contributed by atoms with van der Waals surface area (Å²) in [5, 5.41) is 8.98. The molecule has 1 aliphatic heterocycles. The van der Waals surface area contributed by atoms with E-state index in [0.717, 1.165) is 24.0 Å². The number of piperidine rings is 1. The highest BCUT2D eigenvalue weighted by Crippen LogP contribution is 2.20. The van der Waals surface area contributed by atoms with Crippen LogP contribution in [-0.4, -0.2) is 52.8 Å². The molecule has 1 heterocycles. The van der Waals surface area contributed by atoms with Gasteiger partial charge in [0.05, 0.1) is 17.9 Å². The monoisotopic (exact) mass is 394 g/mol. The standard InChI is InChI=1S/C23H26N2O4/c1-24(15-18-9-11-19(12-10-18)23(28)29)22(27)20-8-5-13-25(16-20)21(26)14-17-6-3-2-4-7-17/h2-4,6-7,9-12,20H,5,8,13-16H2,1H3,(H,28,29). The Morgan fingerprint density at radius 1 is 1.03 bits per heavy atom. The SMILES string of the molecule is CN(Cc1ccc(C(=O)O)cc1)C(=O)C1CCCN(C(=O)Cc2ccccc2)C1. The number of carboxylic acids is 1. The predicted molar refractivity (Wildman–Crippen MR) is 109 cm³/mol. The molecule has 1 aliphatic rings. The summed E-state index contributed by atoms with van der Waals surface area (Å²) in [4.78, 5) is 39.9. The van der Waals surface area contributed by atoms with Gasteiger partial charge in [-0.25, -0.2) is 4.79 Å². The molecule has 1 unspecified atom stereocenters. The first-order valence-corrected chi connectivity index (χ1v) is 9.83. The largest absolute Gasteiger partial charge is 0.478 e. The van der Waals surface area contributed by atoms with Gasteiger partial charge in [-0.3, -0.25) is 9.59 Å². The molecule has 29 heavy (non-hydrogen) atoms. The van der Waals surface area contributed by atoms with Crippen LogP contribution in [-0.2, 0) is 22.6 Å². The van der Waals surface area contributed by atoms with E-state index in [2.05, 4.69) is 0 Å². The Balaban J connectivity index is 1.56. The van der Waals surface area contributed by atoms with E-state index >= 15 is 0 Å². The van der Waals surface area contributed by atoms with E-state index in [1.807, 2.05) is 30.3 Å². The van der Waals surface area contributed by atoms with Crippen molar-refractivity contribution in [1.29, 1.82) is 0 Å². The summed E-state index contributed by atoms with van der Waals surface area (Å²) in [6.45, 7) is 1.55. The van der Waals surface area contributed by atoms with Crippen LogP contribution in [0, 0.1) is 5.92 Å². The van der Waals surface area contributed by atoms with Crippen LogP contribution in [0.3, 0.4) is 0 Å². The van der Waals surface area contributed by atoms with Gasteiger partial charge in [0, 0.05) is 26.7 Å². The van der Waals surface area contributed by atoms with Gasteiger partial charge >= 0.3 is 5.97 Å². The molecule has 1 atom stereocenters. The van der Waals surface area contributed by atoms with Crippen molar-refractivity contribution < 1.29 is 19.5 Å². The minimum absolute atomic E-state index is 0.0181. The summed E-state index contributed by atoms with van der Waals surface area (Å²) in [6.07, 6.45) is 1.95. The molecular weight excluding hydrogens is 368 g/mol. The highest BCUT2D eigenvalue weighted by molar-refractivity contribution is 5.87. The van der Waals surface area contributed by atoms with Crippen LogP contribution >= 0.6 is 0 Å². The predicted octanol–water partition coefficient (Wildman–Crippen LogP) is 2.82. The Hall–Kier alpha value is -3.15. The molecule has 0 bridgehead atoms. The van der Waals surface area contributed by atoms with Crippen molar-refractivity contribution in [2.75, 3.05) is 20.1 Å². The summed E-state index contributed by atoms with van der Waals surface area (Å²) in [5.41, 5.74) is 2.08. The number of hydrogen-bond acceptors (Lipinski definition) is 3. The molecule has 6 heteroatoms. The Bertz CT molecular complexity index is 864. The fourth-order valence-electron chi connectivity index (χ4n) is 3.70. The molecule has 0 spiro atoms. The lowest BCUT2D eigenvalue weighted by molar-refractivity contribution is -0.140. The van der Waals surface area contributed by atoms with Crippen LogP contribution in [0.15, 0.2) is 54.6 Å². The van der Waals surface area contributed by atoms with Crippen LogP contribution < -0.4 is 0 Å². The van der Waals surface area contributed by atoms with Gasteiger partial charge in [-0.1, -0.05) is 42.5 Å². The number of carbonyl (C=O) groups excluding carboxylic acids is 2. The van der Waals surface area contributed by atoms with Gasteiger partial charge in [-0.05, 0) is 36.1 Å². The van der Waals surface area contributed by atoms with Gasteiger partial charge in [0.2, 0.25) is 11.8 Å². The molecule has 2 aromatic carbocycles. The molecule has 1 fully saturated rings. The third-order valence-electron chi connectivity index (χ3n) is 5.32. The van der Waals surface area contributed by atoms with E-state index in [4.69, 9.17) is 5.11 Å². The van der Waals surface area contributed by atoms with Crippen molar-refractivity contribution in [3.63, 3.8) is 0 Å². The molecule has 6 nitrogen and oxygen atoms in total. The number of aromatic carboxylic acids is 1. The average molecular weight is 394 g/mol. The summed E-state index contributed by atoms with van der Waals surface area (Å²) in [7, 11) is 1.75. The van der Waals surface area contributed by atoms with E-state index in [9.17, 15) is 14.4 Å². The van der Waals surface area contributed by atoms with Crippen molar-refractivity contribution in [3.8, 4) is 0 Å². The third kappa shape index (κ3) is 5.44. The maximum Gasteiger partial charge on any atom is 0.335 e. The van der Waals surface area contributed by atoms with Crippen molar-refractivity contribution in [2.45, 2.75) is 25.8 Å². The van der Waals surface area contributed by atoms with Gasteiger partial charge in [0.1, 0.15) is 0 Å². The molecule has 0 radical (unpaired) electrons. The number of benzene rings is 2. The topological polar surface area (TPSA) is 77.9 Å². The molecule has 0 aliphatic carbocycles. The summed E-state index contributed by atoms with van der Waals surface area (Å²) in [6, 6.07) is 16.2. The van der Waals surface area contributed by atoms with Crippen molar-refractivity contribution in [1.82, 2.24) is 9.80 Å². The first-order valence-electron chi connectivity index (χ1n) is 9.83. The minimum atomic E-state index is -0.969. The van der Waals surface area contributed by atoms with Crippen molar-refractivity contribution in [2.24, 2.45) is 5.92 Å². The van der Waals surface area contributed by atoms with E-state index in [1.165, 1.54) is 0 Å². The van der Waals surface area contributed by atoms with Crippen LogP contribution in [0.25, 0.3) is 0 Å². The second-order valence-corrected chi connectivity index (χ2v) is 7.54. The second kappa shape index (κ2) is 9.37. The fraction of sp³-hybridized carbons (Fsp3) is 0.348. The first kappa shape index (κ1) is 20.6. The second-order valence-electron chi connectivity index (χ2n) is 7.54. The normalized spacial score (nSPS) is 16.3. The highest BCUT2D eigenvalue weighted by atomic mass is 16.4.